The van der Waals surface area contributed by atoms with Crippen LogP contribution in [0.4, 0.5) is 10.1 Å². The quantitative estimate of drug-likeness (QED) is 0.831. The fourth-order valence-corrected chi connectivity index (χ4v) is 2.87. The third-order valence-electron chi connectivity index (χ3n) is 3.99. The molecule has 1 aromatic rings. The topological polar surface area (TPSA) is 55.1 Å². The summed E-state index contributed by atoms with van der Waals surface area (Å²) in [4.78, 5) is 12.4. The normalized spacial score (nSPS) is 19.3. The lowest BCUT2D eigenvalue weighted by molar-refractivity contribution is -0.124. The molecule has 1 aliphatic carbocycles. The predicted octanol–water partition coefficient (Wildman–Crippen LogP) is 3.16. The van der Waals surface area contributed by atoms with Gasteiger partial charge in [0.25, 0.3) is 0 Å². The summed E-state index contributed by atoms with van der Waals surface area (Å²) in [6.07, 6.45) is 4.29. The van der Waals surface area contributed by atoms with Gasteiger partial charge in [-0.1, -0.05) is 31.4 Å². The summed E-state index contributed by atoms with van der Waals surface area (Å²) in [5, 5.41) is 3.00. The van der Waals surface area contributed by atoms with E-state index in [9.17, 15) is 9.18 Å². The molecule has 3 N–H and O–H groups in total. The maximum Gasteiger partial charge on any atom is 0.230 e. The summed E-state index contributed by atoms with van der Waals surface area (Å²) in [6.45, 7) is 1.43. The first-order chi connectivity index (χ1) is 9.58. The minimum Gasteiger partial charge on any atom is -0.399 e. The van der Waals surface area contributed by atoms with Crippen LogP contribution >= 0.6 is 0 Å². The largest absolute Gasteiger partial charge is 0.399 e. The maximum absolute atomic E-state index is 13.9. The molecule has 2 atom stereocenters. The molecule has 0 radical (unpaired) electrons. The Bertz CT molecular complexity index is 438. The van der Waals surface area contributed by atoms with Gasteiger partial charge in [0, 0.05) is 11.7 Å². The van der Waals surface area contributed by atoms with Gasteiger partial charge in [0.15, 0.2) is 0 Å². The molecule has 1 aromatic carbocycles. The van der Waals surface area contributed by atoms with Crippen LogP contribution in [0.15, 0.2) is 24.3 Å². The van der Waals surface area contributed by atoms with Crippen molar-refractivity contribution >= 4 is 11.6 Å². The summed E-state index contributed by atoms with van der Waals surface area (Å²) in [6, 6.07) is 7.08. The zero-order valence-corrected chi connectivity index (χ0v) is 11.9. The molecule has 1 amide bonds. The van der Waals surface area contributed by atoms with Crippen LogP contribution in [0.1, 0.15) is 50.5 Å². The fourth-order valence-electron chi connectivity index (χ4n) is 2.87. The molecule has 1 aliphatic rings. The van der Waals surface area contributed by atoms with Gasteiger partial charge in [-0.15, -0.1) is 0 Å². The highest BCUT2D eigenvalue weighted by molar-refractivity contribution is 5.84. The molecule has 2 rings (SSSR count). The van der Waals surface area contributed by atoms with Crippen molar-refractivity contribution in [2.75, 3.05) is 5.73 Å². The Morgan fingerprint density at radius 2 is 1.85 bits per heavy atom. The van der Waals surface area contributed by atoms with E-state index < -0.39 is 12.1 Å². The van der Waals surface area contributed by atoms with Crippen molar-refractivity contribution in [2.24, 2.45) is 0 Å². The zero-order chi connectivity index (χ0) is 14.5. The number of nitrogens with one attached hydrogen (secondary N) is 1. The maximum atomic E-state index is 13.9. The van der Waals surface area contributed by atoms with Crippen molar-refractivity contribution in [3.63, 3.8) is 0 Å². The van der Waals surface area contributed by atoms with E-state index in [1.807, 2.05) is 0 Å². The van der Waals surface area contributed by atoms with Crippen molar-refractivity contribution in [1.29, 1.82) is 0 Å². The molecule has 0 heterocycles. The van der Waals surface area contributed by atoms with Crippen molar-refractivity contribution in [3.05, 3.63) is 29.8 Å². The highest BCUT2D eigenvalue weighted by Crippen LogP contribution is 2.25. The van der Waals surface area contributed by atoms with Crippen LogP contribution < -0.4 is 11.1 Å². The van der Waals surface area contributed by atoms with Crippen LogP contribution in [0.3, 0.4) is 0 Å². The number of hydrogen-bond donors (Lipinski definition) is 2. The van der Waals surface area contributed by atoms with E-state index in [0.717, 1.165) is 25.7 Å². The van der Waals surface area contributed by atoms with Gasteiger partial charge in [0.05, 0.1) is 5.92 Å². The Balaban J connectivity index is 2.07. The molecular formula is C16H23FN2O. The Kier molecular flexibility index (Phi) is 4.99. The van der Waals surface area contributed by atoms with Gasteiger partial charge in [-0.2, -0.15) is 0 Å². The number of amides is 1. The molecule has 0 aromatic heterocycles. The molecule has 0 aliphatic heterocycles. The molecule has 4 heteroatoms. The first kappa shape index (κ1) is 14.8. The number of carbonyl (C=O) groups is 1. The van der Waals surface area contributed by atoms with Gasteiger partial charge in [-0.05, 0) is 37.5 Å². The van der Waals surface area contributed by atoms with Gasteiger partial charge in [0.2, 0.25) is 5.91 Å². The van der Waals surface area contributed by atoms with Crippen LogP contribution in [-0.2, 0) is 4.79 Å². The fraction of sp³-hybridized carbons (Fsp3) is 0.562. The van der Waals surface area contributed by atoms with Crippen molar-refractivity contribution < 1.29 is 9.18 Å². The van der Waals surface area contributed by atoms with E-state index in [1.165, 1.54) is 13.3 Å². The lowest BCUT2D eigenvalue weighted by atomic mass is 9.91. The lowest BCUT2D eigenvalue weighted by Crippen LogP contribution is -2.41. The molecular weight excluding hydrogens is 255 g/mol. The number of anilines is 1. The molecule has 0 saturated heterocycles. The smallest absolute Gasteiger partial charge is 0.230 e. The Morgan fingerprint density at radius 1 is 1.25 bits per heavy atom. The van der Waals surface area contributed by atoms with E-state index in [2.05, 4.69) is 5.32 Å². The first-order valence-corrected chi connectivity index (χ1v) is 7.38. The number of halogens is 1. The summed E-state index contributed by atoms with van der Waals surface area (Å²) >= 11 is 0. The standard InChI is InChI=1S/C16H23FN2O/c1-11(17)15(12-7-9-13(18)10-8-12)16(20)19-14-5-3-2-4-6-14/h7-11,14-15H,2-6,18H2,1H3,(H,19,20). The van der Waals surface area contributed by atoms with Crippen LogP contribution in [0, 0.1) is 0 Å². The number of benzene rings is 1. The van der Waals surface area contributed by atoms with E-state index >= 15 is 0 Å². The van der Waals surface area contributed by atoms with Gasteiger partial charge in [-0.25, -0.2) is 4.39 Å². The van der Waals surface area contributed by atoms with E-state index in [4.69, 9.17) is 5.73 Å². The molecule has 2 unspecified atom stereocenters. The minimum absolute atomic E-state index is 0.200. The zero-order valence-electron chi connectivity index (χ0n) is 11.9. The second-order valence-electron chi connectivity index (χ2n) is 5.67. The summed E-state index contributed by atoms with van der Waals surface area (Å²) in [5.74, 6) is -0.964. The van der Waals surface area contributed by atoms with Crippen molar-refractivity contribution in [2.45, 2.75) is 57.2 Å². The highest BCUT2D eigenvalue weighted by Gasteiger charge is 2.28. The van der Waals surface area contributed by atoms with Crippen LogP contribution in [0.25, 0.3) is 0 Å². The second-order valence-corrected chi connectivity index (χ2v) is 5.67. The lowest BCUT2D eigenvalue weighted by Gasteiger charge is -2.26. The minimum atomic E-state index is -1.22. The number of carbonyl (C=O) groups excluding carboxylic acids is 1. The third-order valence-corrected chi connectivity index (χ3v) is 3.99. The van der Waals surface area contributed by atoms with Crippen LogP contribution in [0.2, 0.25) is 0 Å². The molecule has 1 saturated carbocycles. The van der Waals surface area contributed by atoms with E-state index in [-0.39, 0.29) is 11.9 Å². The van der Waals surface area contributed by atoms with Crippen LogP contribution in [-0.4, -0.2) is 18.1 Å². The Labute approximate surface area is 119 Å². The number of hydrogen-bond acceptors (Lipinski definition) is 2. The SMILES string of the molecule is CC(F)C(C(=O)NC1CCCCC1)c1ccc(N)cc1. The summed E-state index contributed by atoms with van der Waals surface area (Å²) < 4.78 is 13.9. The number of nitrogens with two attached hydrogens (primary N) is 1. The molecule has 0 bridgehead atoms. The third kappa shape index (κ3) is 3.71. The Hall–Kier alpha value is -1.58. The van der Waals surface area contributed by atoms with Gasteiger partial charge >= 0.3 is 0 Å². The van der Waals surface area contributed by atoms with Crippen molar-refractivity contribution in [3.8, 4) is 0 Å². The number of rotatable bonds is 4. The predicted molar refractivity (Wildman–Crippen MR) is 79.2 cm³/mol. The Morgan fingerprint density at radius 3 is 2.40 bits per heavy atom. The molecule has 110 valence electrons. The second kappa shape index (κ2) is 6.73. The molecule has 0 spiro atoms. The number of alkyl halides is 1. The average Bonchev–Trinajstić information content (AvgIpc) is 2.42. The first-order valence-electron chi connectivity index (χ1n) is 7.38. The van der Waals surface area contributed by atoms with Crippen molar-refractivity contribution in [1.82, 2.24) is 5.32 Å². The molecule has 3 nitrogen and oxygen atoms in total. The average molecular weight is 278 g/mol. The summed E-state index contributed by atoms with van der Waals surface area (Å²) in [5.41, 5.74) is 6.93. The summed E-state index contributed by atoms with van der Waals surface area (Å²) in [7, 11) is 0. The van der Waals surface area contributed by atoms with Gasteiger partial charge in [0.1, 0.15) is 6.17 Å². The van der Waals surface area contributed by atoms with Gasteiger partial charge < -0.3 is 11.1 Å². The van der Waals surface area contributed by atoms with E-state index in [1.54, 1.807) is 24.3 Å². The highest BCUT2D eigenvalue weighted by atomic mass is 19.1. The van der Waals surface area contributed by atoms with E-state index in [0.29, 0.717) is 11.3 Å². The number of nitrogen functional groups attached to an aromatic ring is 1. The molecule has 20 heavy (non-hydrogen) atoms. The van der Waals surface area contributed by atoms with Gasteiger partial charge in [-0.3, -0.25) is 4.79 Å². The molecule has 1 fully saturated rings. The monoisotopic (exact) mass is 278 g/mol. The van der Waals surface area contributed by atoms with Crippen LogP contribution in [0.5, 0.6) is 0 Å².